The molecule has 1 aromatic carbocycles. The van der Waals surface area contributed by atoms with Crippen molar-refractivity contribution < 1.29 is 9.84 Å². The van der Waals surface area contributed by atoms with Crippen LogP contribution in [0.4, 0.5) is 0 Å². The summed E-state index contributed by atoms with van der Waals surface area (Å²) in [6.07, 6.45) is 3.53. The summed E-state index contributed by atoms with van der Waals surface area (Å²) in [4.78, 5) is 0. The lowest BCUT2D eigenvalue weighted by atomic mass is 9.91. The van der Waals surface area contributed by atoms with Crippen molar-refractivity contribution in [3.63, 3.8) is 0 Å². The number of aliphatic hydroxyl groups is 1. The normalized spacial score (nSPS) is 25.9. The van der Waals surface area contributed by atoms with E-state index >= 15 is 0 Å². The number of unbranched alkanes of at least 4 members (excludes halogenated alkanes) is 2. The summed E-state index contributed by atoms with van der Waals surface area (Å²) in [7, 11) is 0. The third-order valence-corrected chi connectivity index (χ3v) is 4.00. The number of hydrazine groups is 1. The molecule has 0 saturated carbocycles. The monoisotopic (exact) mass is 278 g/mol. The molecular formula is C16H26N2O2. The molecule has 1 aliphatic rings. The molecule has 3 N–H and O–H groups in total. The number of benzene rings is 1. The third-order valence-electron chi connectivity index (χ3n) is 4.00. The smallest absolute Gasteiger partial charge is 0.119 e. The Morgan fingerprint density at radius 3 is 2.55 bits per heavy atom. The minimum Gasteiger partial charge on any atom is -0.494 e. The molecule has 0 radical (unpaired) electrons. The summed E-state index contributed by atoms with van der Waals surface area (Å²) < 4.78 is 5.71. The van der Waals surface area contributed by atoms with Crippen molar-refractivity contribution in [3.05, 3.63) is 29.8 Å². The Balaban J connectivity index is 1.91. The van der Waals surface area contributed by atoms with Crippen LogP contribution in [0.3, 0.4) is 0 Å². The fourth-order valence-corrected chi connectivity index (χ4v) is 2.63. The van der Waals surface area contributed by atoms with Gasteiger partial charge in [-0.3, -0.25) is 5.43 Å². The van der Waals surface area contributed by atoms with Crippen molar-refractivity contribution in [1.29, 1.82) is 0 Å². The number of hydrogen-bond acceptors (Lipinski definition) is 4. The van der Waals surface area contributed by atoms with Crippen LogP contribution in [0.1, 0.15) is 44.7 Å². The standard InChI is InChI=1S/C16H26N2O2/c1-3-4-5-10-20-14-8-6-13(7-9-14)16-15(11-19)12(2)17-18-16/h6-9,12,15-19H,3-5,10-11H2,1-2H3. The van der Waals surface area contributed by atoms with Crippen molar-refractivity contribution >= 4 is 0 Å². The number of hydrogen-bond donors (Lipinski definition) is 3. The summed E-state index contributed by atoms with van der Waals surface area (Å²) in [5, 5.41) is 9.48. The molecule has 1 saturated heterocycles. The van der Waals surface area contributed by atoms with Crippen LogP contribution in [-0.4, -0.2) is 24.4 Å². The number of nitrogens with one attached hydrogen (secondary N) is 2. The van der Waals surface area contributed by atoms with Crippen molar-refractivity contribution in [3.8, 4) is 5.75 Å². The van der Waals surface area contributed by atoms with Crippen LogP contribution in [0.25, 0.3) is 0 Å². The first kappa shape index (κ1) is 15.3. The van der Waals surface area contributed by atoms with Gasteiger partial charge in [-0.1, -0.05) is 31.9 Å². The van der Waals surface area contributed by atoms with Gasteiger partial charge in [0, 0.05) is 18.6 Å². The molecule has 20 heavy (non-hydrogen) atoms. The second kappa shape index (κ2) is 7.62. The van der Waals surface area contributed by atoms with E-state index in [9.17, 15) is 5.11 Å². The predicted octanol–water partition coefficient (Wildman–Crippen LogP) is 2.40. The molecule has 0 aliphatic carbocycles. The molecule has 0 bridgehead atoms. The average molecular weight is 278 g/mol. The van der Waals surface area contributed by atoms with Gasteiger partial charge in [0.05, 0.1) is 12.6 Å². The Morgan fingerprint density at radius 1 is 1.15 bits per heavy atom. The summed E-state index contributed by atoms with van der Waals surface area (Å²) in [5.41, 5.74) is 7.63. The second-order valence-corrected chi connectivity index (χ2v) is 5.53. The summed E-state index contributed by atoms with van der Waals surface area (Å²) >= 11 is 0. The highest BCUT2D eigenvalue weighted by molar-refractivity contribution is 5.30. The molecule has 0 spiro atoms. The maximum absolute atomic E-state index is 9.48. The lowest BCUT2D eigenvalue weighted by molar-refractivity contribution is 0.204. The second-order valence-electron chi connectivity index (χ2n) is 5.53. The SMILES string of the molecule is CCCCCOc1ccc(C2NNC(C)C2CO)cc1. The zero-order chi connectivity index (χ0) is 14.4. The first-order chi connectivity index (χ1) is 9.76. The molecule has 4 heteroatoms. The highest BCUT2D eigenvalue weighted by Gasteiger charge is 2.33. The van der Waals surface area contributed by atoms with Gasteiger partial charge in [0.1, 0.15) is 5.75 Å². The molecule has 0 amide bonds. The largest absolute Gasteiger partial charge is 0.494 e. The lowest BCUT2D eigenvalue weighted by Gasteiger charge is -2.19. The van der Waals surface area contributed by atoms with E-state index < -0.39 is 0 Å². The topological polar surface area (TPSA) is 53.5 Å². The van der Waals surface area contributed by atoms with Crippen LogP contribution >= 0.6 is 0 Å². The number of rotatable bonds is 7. The van der Waals surface area contributed by atoms with Crippen LogP contribution in [0.15, 0.2) is 24.3 Å². The van der Waals surface area contributed by atoms with Gasteiger partial charge in [0.2, 0.25) is 0 Å². The fourth-order valence-electron chi connectivity index (χ4n) is 2.63. The van der Waals surface area contributed by atoms with Crippen molar-refractivity contribution in [2.75, 3.05) is 13.2 Å². The van der Waals surface area contributed by atoms with E-state index in [0.717, 1.165) is 18.8 Å². The van der Waals surface area contributed by atoms with E-state index in [-0.39, 0.29) is 24.6 Å². The fraction of sp³-hybridized carbons (Fsp3) is 0.625. The molecule has 112 valence electrons. The maximum Gasteiger partial charge on any atom is 0.119 e. The zero-order valence-electron chi connectivity index (χ0n) is 12.4. The summed E-state index contributed by atoms with van der Waals surface area (Å²) in [5.74, 6) is 1.12. The Bertz CT molecular complexity index is 394. The lowest BCUT2D eigenvalue weighted by Crippen LogP contribution is -2.29. The van der Waals surface area contributed by atoms with Crippen LogP contribution in [0.2, 0.25) is 0 Å². The molecule has 1 aliphatic heterocycles. The molecule has 0 aromatic heterocycles. The minimum absolute atomic E-state index is 0.157. The third kappa shape index (κ3) is 3.72. The Hall–Kier alpha value is -1.10. The quantitative estimate of drug-likeness (QED) is 0.670. The van der Waals surface area contributed by atoms with Gasteiger partial charge in [0.25, 0.3) is 0 Å². The van der Waals surface area contributed by atoms with E-state index in [4.69, 9.17) is 4.74 Å². The molecule has 3 atom stereocenters. The van der Waals surface area contributed by atoms with Gasteiger partial charge < -0.3 is 9.84 Å². The van der Waals surface area contributed by atoms with Crippen molar-refractivity contribution in [2.24, 2.45) is 5.92 Å². The van der Waals surface area contributed by atoms with E-state index in [1.807, 2.05) is 12.1 Å². The van der Waals surface area contributed by atoms with Gasteiger partial charge in [-0.05, 0) is 31.0 Å². The molecule has 1 aromatic rings. The van der Waals surface area contributed by atoms with Crippen LogP contribution in [-0.2, 0) is 0 Å². The van der Waals surface area contributed by atoms with E-state index in [1.165, 1.54) is 18.4 Å². The number of aliphatic hydroxyl groups excluding tert-OH is 1. The molecule has 1 fully saturated rings. The van der Waals surface area contributed by atoms with Crippen LogP contribution < -0.4 is 15.6 Å². The summed E-state index contributed by atoms with van der Waals surface area (Å²) in [6, 6.07) is 8.62. The van der Waals surface area contributed by atoms with Crippen LogP contribution in [0.5, 0.6) is 5.75 Å². The molecule has 4 nitrogen and oxygen atoms in total. The predicted molar refractivity (Wildman–Crippen MR) is 80.5 cm³/mol. The van der Waals surface area contributed by atoms with E-state index in [2.05, 4.69) is 36.8 Å². The summed E-state index contributed by atoms with van der Waals surface area (Å²) in [6.45, 7) is 5.24. The van der Waals surface area contributed by atoms with Gasteiger partial charge in [0.15, 0.2) is 0 Å². The van der Waals surface area contributed by atoms with Crippen LogP contribution in [0, 0.1) is 5.92 Å². The Kier molecular flexibility index (Phi) is 5.83. The van der Waals surface area contributed by atoms with Gasteiger partial charge in [-0.2, -0.15) is 0 Å². The highest BCUT2D eigenvalue weighted by Crippen LogP contribution is 2.29. The van der Waals surface area contributed by atoms with Gasteiger partial charge in [-0.25, -0.2) is 5.43 Å². The molecular weight excluding hydrogens is 252 g/mol. The first-order valence-electron chi connectivity index (χ1n) is 7.61. The van der Waals surface area contributed by atoms with Gasteiger partial charge >= 0.3 is 0 Å². The Morgan fingerprint density at radius 2 is 1.90 bits per heavy atom. The van der Waals surface area contributed by atoms with E-state index in [0.29, 0.717) is 0 Å². The molecule has 3 unspecified atom stereocenters. The molecule has 2 rings (SSSR count). The minimum atomic E-state index is 0.157. The first-order valence-corrected chi connectivity index (χ1v) is 7.61. The highest BCUT2D eigenvalue weighted by atomic mass is 16.5. The van der Waals surface area contributed by atoms with Crippen molar-refractivity contribution in [1.82, 2.24) is 10.9 Å². The molecule has 1 heterocycles. The van der Waals surface area contributed by atoms with Gasteiger partial charge in [-0.15, -0.1) is 0 Å². The Labute approximate surface area is 121 Å². The number of ether oxygens (including phenoxy) is 1. The van der Waals surface area contributed by atoms with Crippen molar-refractivity contribution in [2.45, 2.75) is 45.2 Å². The zero-order valence-corrected chi connectivity index (χ0v) is 12.4. The van der Waals surface area contributed by atoms with E-state index in [1.54, 1.807) is 0 Å². The average Bonchev–Trinajstić information content (AvgIpc) is 2.85. The maximum atomic E-state index is 9.48.